The molecule has 2 aromatic heterocycles. The van der Waals surface area contributed by atoms with Gasteiger partial charge in [-0.2, -0.15) is 0 Å². The number of nitrogens with zero attached hydrogens (tertiary/aromatic N) is 5. The molecule has 4 rings (SSSR count). The molecule has 3 heterocycles. The van der Waals surface area contributed by atoms with E-state index in [1.165, 1.54) is 12.8 Å². The summed E-state index contributed by atoms with van der Waals surface area (Å²) in [6, 6.07) is 13.4. The average Bonchev–Trinajstić information content (AvgIpc) is 2.86. The molecule has 0 aliphatic carbocycles. The lowest BCUT2D eigenvalue weighted by atomic mass is 10.1. The van der Waals surface area contributed by atoms with E-state index in [4.69, 9.17) is 4.74 Å². The molecule has 3 aromatic rings. The highest BCUT2D eigenvalue weighted by atomic mass is 16.5. The number of piperazine rings is 1. The van der Waals surface area contributed by atoms with Crippen molar-refractivity contribution in [3.05, 3.63) is 65.6 Å². The Labute approximate surface area is 207 Å². The summed E-state index contributed by atoms with van der Waals surface area (Å²) in [4.78, 5) is 30.6. The van der Waals surface area contributed by atoms with Gasteiger partial charge in [0.25, 0.3) is 5.91 Å². The number of anilines is 3. The smallest absolute Gasteiger partial charge is 0.253 e. The highest BCUT2D eigenvalue weighted by Crippen LogP contribution is 2.21. The molecule has 0 atom stereocenters. The minimum Gasteiger partial charge on any atom is -0.494 e. The number of carbonyl (C=O) groups is 1. The average molecular weight is 475 g/mol. The Kier molecular flexibility index (Phi) is 8.13. The molecule has 1 saturated heterocycles. The lowest BCUT2D eigenvalue weighted by molar-refractivity contribution is 0.0746. The molecule has 0 unspecified atom stereocenters. The first-order valence-electron chi connectivity index (χ1n) is 12.3. The van der Waals surface area contributed by atoms with E-state index in [9.17, 15) is 4.79 Å². The van der Waals surface area contributed by atoms with E-state index < -0.39 is 0 Å². The second kappa shape index (κ2) is 11.6. The molecule has 1 aliphatic heterocycles. The number of aromatic nitrogens is 3. The van der Waals surface area contributed by atoms with Gasteiger partial charge in [0.05, 0.1) is 6.61 Å². The van der Waals surface area contributed by atoms with E-state index in [1.807, 2.05) is 61.2 Å². The first-order valence-corrected chi connectivity index (χ1v) is 12.3. The number of carbonyl (C=O) groups excluding carboxylic acids is 1. The zero-order valence-electron chi connectivity index (χ0n) is 20.8. The van der Waals surface area contributed by atoms with Gasteiger partial charge in [0.2, 0.25) is 0 Å². The highest BCUT2D eigenvalue weighted by Gasteiger charge is 2.23. The van der Waals surface area contributed by atoms with Crippen LogP contribution in [0.1, 0.15) is 47.9 Å². The van der Waals surface area contributed by atoms with Crippen molar-refractivity contribution in [2.75, 3.05) is 43.0 Å². The van der Waals surface area contributed by atoms with Crippen LogP contribution in [0.25, 0.3) is 0 Å². The third kappa shape index (κ3) is 6.68. The first kappa shape index (κ1) is 24.4. The standard InChI is InChI=1S/C27H34N6O2/c1-4-5-6-17-35-23-9-7-22(8-10-23)27(34)33-15-13-32(14-16-33)26-19-25(29-21(3)30-26)31-24-18-20(2)11-12-28-24/h7-12,18-19H,4-6,13-17H2,1-3H3,(H,28,29,30,31). The van der Waals surface area contributed by atoms with Gasteiger partial charge in [0.15, 0.2) is 0 Å². The second-order valence-corrected chi connectivity index (χ2v) is 8.86. The number of pyridine rings is 1. The Hall–Kier alpha value is -3.68. The van der Waals surface area contributed by atoms with E-state index in [1.54, 1.807) is 6.20 Å². The van der Waals surface area contributed by atoms with Crippen LogP contribution >= 0.6 is 0 Å². The summed E-state index contributed by atoms with van der Waals surface area (Å²) in [7, 11) is 0. The number of benzene rings is 1. The number of rotatable bonds is 9. The molecular formula is C27H34N6O2. The molecule has 0 saturated carbocycles. The predicted octanol–water partition coefficient (Wildman–Crippen LogP) is 4.76. The zero-order valence-corrected chi connectivity index (χ0v) is 20.8. The molecule has 35 heavy (non-hydrogen) atoms. The van der Waals surface area contributed by atoms with E-state index >= 15 is 0 Å². The van der Waals surface area contributed by atoms with E-state index in [-0.39, 0.29) is 5.91 Å². The van der Waals surface area contributed by atoms with Gasteiger partial charge in [0, 0.05) is 44.0 Å². The molecular weight excluding hydrogens is 440 g/mol. The minimum absolute atomic E-state index is 0.0499. The van der Waals surface area contributed by atoms with Crippen molar-refractivity contribution in [2.45, 2.75) is 40.0 Å². The van der Waals surface area contributed by atoms with Gasteiger partial charge < -0.3 is 19.9 Å². The van der Waals surface area contributed by atoms with Crippen molar-refractivity contribution < 1.29 is 9.53 Å². The van der Waals surface area contributed by atoms with Crippen molar-refractivity contribution >= 4 is 23.4 Å². The summed E-state index contributed by atoms with van der Waals surface area (Å²) >= 11 is 0. The Morgan fingerprint density at radius 2 is 1.74 bits per heavy atom. The largest absolute Gasteiger partial charge is 0.494 e. The molecule has 0 spiro atoms. The third-order valence-electron chi connectivity index (χ3n) is 6.00. The number of nitrogens with one attached hydrogen (secondary N) is 1. The first-order chi connectivity index (χ1) is 17.0. The molecule has 0 bridgehead atoms. The molecule has 8 heteroatoms. The van der Waals surface area contributed by atoms with Gasteiger partial charge in [-0.15, -0.1) is 0 Å². The fourth-order valence-corrected chi connectivity index (χ4v) is 4.07. The fourth-order valence-electron chi connectivity index (χ4n) is 4.07. The molecule has 1 N–H and O–H groups in total. The minimum atomic E-state index is 0.0499. The lowest BCUT2D eigenvalue weighted by Crippen LogP contribution is -2.49. The monoisotopic (exact) mass is 474 g/mol. The molecule has 0 radical (unpaired) electrons. The van der Waals surface area contributed by atoms with Crippen molar-refractivity contribution in [1.29, 1.82) is 0 Å². The second-order valence-electron chi connectivity index (χ2n) is 8.86. The van der Waals surface area contributed by atoms with Crippen molar-refractivity contribution in [2.24, 2.45) is 0 Å². The summed E-state index contributed by atoms with van der Waals surface area (Å²) in [5, 5.41) is 3.27. The Morgan fingerprint density at radius 3 is 2.46 bits per heavy atom. The van der Waals surface area contributed by atoms with Crippen molar-refractivity contribution in [1.82, 2.24) is 19.9 Å². The third-order valence-corrected chi connectivity index (χ3v) is 6.00. The number of hydrogen-bond donors (Lipinski definition) is 1. The number of unbranched alkanes of at least 4 members (excludes halogenated alkanes) is 2. The van der Waals surface area contributed by atoms with Crippen LogP contribution in [-0.4, -0.2) is 58.5 Å². The van der Waals surface area contributed by atoms with Gasteiger partial charge in [-0.1, -0.05) is 19.8 Å². The normalized spacial score (nSPS) is 13.6. The van der Waals surface area contributed by atoms with E-state index in [0.29, 0.717) is 50.0 Å². The van der Waals surface area contributed by atoms with Crippen LogP contribution in [0.5, 0.6) is 5.75 Å². The lowest BCUT2D eigenvalue weighted by Gasteiger charge is -2.35. The Balaban J connectivity index is 1.33. The Morgan fingerprint density at radius 1 is 0.971 bits per heavy atom. The molecule has 1 aliphatic rings. The molecule has 8 nitrogen and oxygen atoms in total. The van der Waals surface area contributed by atoms with E-state index in [0.717, 1.165) is 29.4 Å². The topological polar surface area (TPSA) is 83.5 Å². The maximum atomic E-state index is 13.0. The number of amides is 1. The summed E-state index contributed by atoms with van der Waals surface area (Å²) in [5.41, 5.74) is 1.82. The van der Waals surface area contributed by atoms with Crippen LogP contribution < -0.4 is 15.0 Å². The van der Waals surface area contributed by atoms with Gasteiger partial charge in [-0.25, -0.2) is 15.0 Å². The molecule has 1 amide bonds. The van der Waals surface area contributed by atoms with Crippen molar-refractivity contribution in [3.8, 4) is 5.75 Å². The van der Waals surface area contributed by atoms with Crippen LogP contribution in [0.3, 0.4) is 0 Å². The quantitative estimate of drug-likeness (QED) is 0.448. The predicted molar refractivity (Wildman–Crippen MR) is 139 cm³/mol. The van der Waals surface area contributed by atoms with Gasteiger partial charge in [0.1, 0.15) is 29.0 Å². The summed E-state index contributed by atoms with van der Waals surface area (Å²) < 4.78 is 5.76. The molecule has 1 fully saturated rings. The SMILES string of the molecule is CCCCCOc1ccc(C(=O)N2CCN(c3cc(Nc4cc(C)ccn4)nc(C)n3)CC2)cc1. The summed E-state index contributed by atoms with van der Waals surface area (Å²) in [6.45, 7) is 9.50. The molecule has 184 valence electrons. The molecule has 1 aromatic carbocycles. The number of ether oxygens (including phenoxy) is 1. The zero-order chi connectivity index (χ0) is 24.6. The van der Waals surface area contributed by atoms with Gasteiger partial charge in [-0.05, 0) is 62.2 Å². The van der Waals surface area contributed by atoms with Crippen LogP contribution in [0.15, 0.2) is 48.7 Å². The van der Waals surface area contributed by atoms with Crippen LogP contribution in [-0.2, 0) is 0 Å². The highest BCUT2D eigenvalue weighted by molar-refractivity contribution is 5.94. The van der Waals surface area contributed by atoms with Crippen molar-refractivity contribution in [3.63, 3.8) is 0 Å². The number of hydrogen-bond acceptors (Lipinski definition) is 7. The van der Waals surface area contributed by atoms with Crippen LogP contribution in [0.2, 0.25) is 0 Å². The number of aryl methyl sites for hydroxylation is 2. The summed E-state index contributed by atoms with van der Waals surface area (Å²) in [6.07, 6.45) is 5.16. The summed E-state index contributed by atoms with van der Waals surface area (Å²) in [5.74, 6) is 3.86. The van der Waals surface area contributed by atoms with Crippen LogP contribution in [0.4, 0.5) is 17.5 Å². The van der Waals surface area contributed by atoms with Gasteiger partial charge >= 0.3 is 0 Å². The Bertz CT molecular complexity index is 1130. The maximum absolute atomic E-state index is 13.0. The van der Waals surface area contributed by atoms with Gasteiger partial charge in [-0.3, -0.25) is 4.79 Å². The fraction of sp³-hybridized carbons (Fsp3) is 0.407. The maximum Gasteiger partial charge on any atom is 0.253 e. The van der Waals surface area contributed by atoms with E-state index in [2.05, 4.69) is 32.1 Å². The van der Waals surface area contributed by atoms with Crippen LogP contribution in [0, 0.1) is 13.8 Å².